The van der Waals surface area contributed by atoms with Gasteiger partial charge in [-0.05, 0) is 48.5 Å². The molecule has 0 aromatic heterocycles. The van der Waals surface area contributed by atoms with Crippen molar-refractivity contribution in [2.45, 2.75) is 0 Å². The van der Waals surface area contributed by atoms with Crippen LogP contribution in [0.2, 0.25) is 0 Å². The highest BCUT2D eigenvalue weighted by molar-refractivity contribution is 6.00. The molecule has 2 aromatic rings. The van der Waals surface area contributed by atoms with Crippen LogP contribution in [0.1, 0.15) is 5.56 Å². The Bertz CT molecular complexity index is 792. The maximum absolute atomic E-state index is 11.9. The zero-order valence-electron chi connectivity index (χ0n) is 13.4. The molecule has 0 aliphatic heterocycles. The lowest BCUT2D eigenvalue weighted by Crippen LogP contribution is -2.28. The molecule has 0 unspecified atom stereocenters. The van der Waals surface area contributed by atoms with Crippen LogP contribution in [-0.4, -0.2) is 18.6 Å². The van der Waals surface area contributed by atoms with Crippen LogP contribution in [-0.2, 0) is 0 Å². The van der Waals surface area contributed by atoms with Crippen molar-refractivity contribution in [3.8, 4) is 6.07 Å². The van der Waals surface area contributed by atoms with Gasteiger partial charge in [-0.25, -0.2) is 9.59 Å². The molecule has 4 amide bonds. The Balaban J connectivity index is 1.87. The topological polar surface area (TPSA) is 106 Å². The van der Waals surface area contributed by atoms with Gasteiger partial charge in [-0.1, -0.05) is 6.08 Å². The molecule has 126 valence electrons. The van der Waals surface area contributed by atoms with Crippen molar-refractivity contribution in [1.29, 1.82) is 5.26 Å². The van der Waals surface area contributed by atoms with Crippen molar-refractivity contribution in [1.82, 2.24) is 5.32 Å². The van der Waals surface area contributed by atoms with Crippen LogP contribution in [0, 0.1) is 11.3 Å². The predicted octanol–water partition coefficient (Wildman–Crippen LogP) is 3.51. The van der Waals surface area contributed by atoms with Crippen LogP contribution in [0.15, 0.2) is 61.2 Å². The minimum atomic E-state index is -0.408. The summed E-state index contributed by atoms with van der Waals surface area (Å²) >= 11 is 0. The smallest absolute Gasteiger partial charge is 0.323 e. The van der Waals surface area contributed by atoms with Crippen LogP contribution in [0.25, 0.3) is 0 Å². The second-order valence-corrected chi connectivity index (χ2v) is 4.97. The largest absolute Gasteiger partial charge is 0.334 e. The maximum atomic E-state index is 11.9. The third-order valence-corrected chi connectivity index (χ3v) is 3.08. The van der Waals surface area contributed by atoms with Crippen LogP contribution in [0.5, 0.6) is 0 Å². The quantitative estimate of drug-likeness (QED) is 0.628. The van der Waals surface area contributed by atoms with E-state index < -0.39 is 6.03 Å². The monoisotopic (exact) mass is 335 g/mol. The van der Waals surface area contributed by atoms with Crippen LogP contribution < -0.4 is 21.3 Å². The Morgan fingerprint density at radius 2 is 1.32 bits per heavy atom. The van der Waals surface area contributed by atoms with E-state index in [1.807, 2.05) is 6.07 Å². The fraction of sp³-hybridized carbons (Fsp3) is 0.0556. The summed E-state index contributed by atoms with van der Waals surface area (Å²) in [5.74, 6) is 0. The van der Waals surface area contributed by atoms with Crippen molar-refractivity contribution in [2.24, 2.45) is 0 Å². The van der Waals surface area contributed by atoms with Crippen LogP contribution in [0.4, 0.5) is 26.7 Å². The number of anilines is 3. The molecular weight excluding hydrogens is 318 g/mol. The molecule has 0 atom stereocenters. The highest BCUT2D eigenvalue weighted by Gasteiger charge is 2.04. The Labute approximate surface area is 145 Å². The molecule has 2 aromatic carbocycles. The first-order valence-electron chi connectivity index (χ1n) is 7.44. The first-order chi connectivity index (χ1) is 12.1. The number of carbonyl (C=O) groups excluding carboxylic acids is 2. The SMILES string of the molecule is C=CCNC(=O)Nc1ccc(NC(=O)Nc2ccc(C#N)cc2)cc1. The number of carbonyl (C=O) groups is 2. The Kier molecular flexibility index (Phi) is 6.14. The summed E-state index contributed by atoms with van der Waals surface area (Å²) in [6.07, 6.45) is 1.58. The number of nitriles is 1. The Morgan fingerprint density at radius 3 is 1.76 bits per heavy atom. The zero-order chi connectivity index (χ0) is 18.1. The number of hydrogen-bond acceptors (Lipinski definition) is 3. The summed E-state index contributed by atoms with van der Waals surface area (Å²) in [7, 11) is 0. The van der Waals surface area contributed by atoms with Crippen molar-refractivity contribution < 1.29 is 9.59 Å². The molecule has 0 radical (unpaired) electrons. The zero-order valence-corrected chi connectivity index (χ0v) is 13.4. The van der Waals surface area contributed by atoms with Gasteiger partial charge in [0.05, 0.1) is 11.6 Å². The molecule has 0 bridgehead atoms. The number of benzene rings is 2. The van der Waals surface area contributed by atoms with Gasteiger partial charge in [0.2, 0.25) is 0 Å². The molecule has 0 aliphatic carbocycles. The van der Waals surface area contributed by atoms with E-state index in [1.54, 1.807) is 54.6 Å². The molecule has 0 aliphatic rings. The van der Waals surface area contributed by atoms with Crippen molar-refractivity contribution in [3.05, 3.63) is 66.7 Å². The van der Waals surface area contributed by atoms with Gasteiger partial charge in [0, 0.05) is 23.6 Å². The third kappa shape index (κ3) is 5.73. The van der Waals surface area contributed by atoms with Gasteiger partial charge in [-0.15, -0.1) is 6.58 Å². The number of hydrogen-bond donors (Lipinski definition) is 4. The highest BCUT2D eigenvalue weighted by Crippen LogP contribution is 2.14. The minimum Gasteiger partial charge on any atom is -0.334 e. The van der Waals surface area contributed by atoms with E-state index >= 15 is 0 Å². The van der Waals surface area contributed by atoms with E-state index in [2.05, 4.69) is 27.8 Å². The summed E-state index contributed by atoms with van der Waals surface area (Å²) in [5.41, 5.74) is 2.27. The van der Waals surface area contributed by atoms with Crippen molar-refractivity contribution in [2.75, 3.05) is 22.5 Å². The summed E-state index contributed by atoms with van der Waals surface area (Å²) in [5, 5.41) is 19.3. The molecule has 25 heavy (non-hydrogen) atoms. The average Bonchev–Trinajstić information content (AvgIpc) is 2.62. The van der Waals surface area contributed by atoms with Gasteiger partial charge < -0.3 is 21.3 Å². The predicted molar refractivity (Wildman–Crippen MR) is 97.5 cm³/mol. The van der Waals surface area contributed by atoms with Gasteiger partial charge in [0.1, 0.15) is 0 Å². The molecule has 7 heteroatoms. The van der Waals surface area contributed by atoms with Crippen molar-refractivity contribution >= 4 is 29.1 Å². The first kappa shape index (κ1) is 17.6. The molecule has 2 rings (SSSR count). The Hall–Kier alpha value is -3.79. The molecular formula is C18H17N5O2. The standard InChI is InChI=1S/C18H17N5O2/c1-2-11-20-17(24)21-15-7-9-16(10-8-15)23-18(25)22-14-5-3-13(12-19)4-6-14/h2-10H,1,11H2,(H2,20,21,24)(H2,22,23,25). The first-order valence-corrected chi connectivity index (χ1v) is 7.44. The maximum Gasteiger partial charge on any atom is 0.323 e. The third-order valence-electron chi connectivity index (χ3n) is 3.08. The minimum absolute atomic E-state index is 0.334. The fourth-order valence-electron chi connectivity index (χ4n) is 1.90. The summed E-state index contributed by atoms with van der Waals surface area (Å²) < 4.78 is 0. The molecule has 7 nitrogen and oxygen atoms in total. The number of urea groups is 2. The average molecular weight is 335 g/mol. The summed E-state index contributed by atoms with van der Waals surface area (Å²) in [6, 6.07) is 14.5. The molecule has 0 spiro atoms. The Morgan fingerprint density at radius 1 is 0.880 bits per heavy atom. The normalized spacial score (nSPS) is 9.40. The second-order valence-electron chi connectivity index (χ2n) is 4.97. The summed E-state index contributed by atoms with van der Waals surface area (Å²) in [4.78, 5) is 23.5. The molecule has 0 heterocycles. The van der Waals surface area contributed by atoms with Crippen LogP contribution in [0.3, 0.4) is 0 Å². The van der Waals surface area contributed by atoms with Crippen LogP contribution >= 0.6 is 0 Å². The lowest BCUT2D eigenvalue weighted by Gasteiger charge is -2.09. The van der Waals surface area contributed by atoms with Gasteiger partial charge in [-0.2, -0.15) is 5.26 Å². The van der Waals surface area contributed by atoms with E-state index in [1.165, 1.54) is 0 Å². The van der Waals surface area contributed by atoms with Gasteiger partial charge in [0.25, 0.3) is 0 Å². The summed E-state index contributed by atoms with van der Waals surface area (Å²) in [6.45, 7) is 3.89. The van der Waals surface area contributed by atoms with Gasteiger partial charge >= 0.3 is 12.1 Å². The van der Waals surface area contributed by atoms with Gasteiger partial charge in [-0.3, -0.25) is 0 Å². The lowest BCUT2D eigenvalue weighted by molar-refractivity contribution is 0.253. The van der Waals surface area contributed by atoms with E-state index in [-0.39, 0.29) is 6.03 Å². The lowest BCUT2D eigenvalue weighted by atomic mass is 10.2. The van der Waals surface area contributed by atoms with E-state index in [9.17, 15) is 9.59 Å². The second kappa shape index (κ2) is 8.74. The van der Waals surface area contributed by atoms with Crippen molar-refractivity contribution in [3.63, 3.8) is 0 Å². The molecule has 0 saturated carbocycles. The fourth-order valence-corrected chi connectivity index (χ4v) is 1.90. The number of rotatable bonds is 5. The molecule has 0 saturated heterocycles. The number of nitrogens with one attached hydrogen (secondary N) is 4. The van der Waals surface area contributed by atoms with E-state index in [0.29, 0.717) is 29.2 Å². The highest BCUT2D eigenvalue weighted by atomic mass is 16.2. The van der Waals surface area contributed by atoms with E-state index in [0.717, 1.165) is 0 Å². The molecule has 4 N–H and O–H groups in total. The molecule has 0 fully saturated rings. The van der Waals surface area contributed by atoms with E-state index in [4.69, 9.17) is 5.26 Å². The number of amides is 4. The van der Waals surface area contributed by atoms with Gasteiger partial charge in [0.15, 0.2) is 0 Å². The number of nitrogens with zero attached hydrogens (tertiary/aromatic N) is 1.